The van der Waals surface area contributed by atoms with Gasteiger partial charge in [0.15, 0.2) is 5.84 Å². The zero-order valence-electron chi connectivity index (χ0n) is 8.58. The minimum Gasteiger partial charge on any atom is -0.382 e. The van der Waals surface area contributed by atoms with E-state index in [1.807, 2.05) is 25.1 Å². The van der Waals surface area contributed by atoms with Crippen molar-refractivity contribution in [1.29, 1.82) is 10.7 Å². The Morgan fingerprint density at radius 1 is 1.62 bits per heavy atom. The number of benzene rings is 1. The molecule has 0 aliphatic heterocycles. The first-order valence-electron chi connectivity index (χ1n) is 4.39. The molecule has 82 valence electrons. The number of aryl methyl sites for hydroxylation is 1. The lowest BCUT2D eigenvalue weighted by atomic mass is 10.2. The van der Waals surface area contributed by atoms with Crippen molar-refractivity contribution < 1.29 is 0 Å². The minimum atomic E-state index is -0.362. The second-order valence-electron chi connectivity index (χ2n) is 3.08. The van der Waals surface area contributed by atoms with Crippen LogP contribution in [0, 0.1) is 23.7 Å². The second kappa shape index (κ2) is 5.28. The summed E-state index contributed by atoms with van der Waals surface area (Å²) in [6.07, 6.45) is 0. The molecule has 0 aliphatic rings. The number of nitrogens with one attached hydrogen (secondary N) is 2. The quantitative estimate of drug-likeness (QED) is 0.448. The molecule has 0 fully saturated rings. The summed E-state index contributed by atoms with van der Waals surface area (Å²) in [5, 5.41) is 19.5. The first-order valence-corrected chi connectivity index (χ1v) is 5.18. The fraction of sp³-hybridized carbons (Fsp3) is 0.100. The van der Waals surface area contributed by atoms with Gasteiger partial charge in [-0.25, -0.2) is 0 Å². The maximum atomic E-state index is 8.65. The van der Waals surface area contributed by atoms with E-state index in [1.165, 1.54) is 0 Å². The molecule has 0 unspecified atom stereocenters. The third kappa shape index (κ3) is 3.07. The van der Waals surface area contributed by atoms with Gasteiger partial charge in [-0.2, -0.15) is 10.4 Å². The van der Waals surface area contributed by atoms with Gasteiger partial charge in [0.1, 0.15) is 6.07 Å². The lowest BCUT2D eigenvalue weighted by molar-refractivity contribution is 1.31. The average Bonchev–Trinajstić information content (AvgIpc) is 2.23. The standard InChI is InChI=1S/C10H10BrN5/c1-6-2-3-7(11)8(4-6)15-16-9(5-12)10(13)14/h2-4,15H,1H3,(H3,13,14)/b16-9+. The van der Waals surface area contributed by atoms with Crippen molar-refractivity contribution >= 4 is 33.2 Å². The third-order valence-corrected chi connectivity index (χ3v) is 2.46. The number of rotatable bonds is 3. The lowest BCUT2D eigenvalue weighted by Gasteiger charge is -2.04. The van der Waals surface area contributed by atoms with Crippen LogP contribution in [0.5, 0.6) is 0 Å². The molecule has 0 atom stereocenters. The molecule has 1 aromatic carbocycles. The van der Waals surface area contributed by atoms with Gasteiger partial charge in [-0.15, -0.1) is 0 Å². The summed E-state index contributed by atoms with van der Waals surface area (Å²) >= 11 is 3.34. The van der Waals surface area contributed by atoms with E-state index in [1.54, 1.807) is 6.07 Å². The van der Waals surface area contributed by atoms with Gasteiger partial charge in [-0.1, -0.05) is 6.07 Å². The van der Waals surface area contributed by atoms with E-state index < -0.39 is 0 Å². The highest BCUT2D eigenvalue weighted by molar-refractivity contribution is 9.10. The predicted octanol–water partition coefficient (Wildman–Crippen LogP) is 1.98. The summed E-state index contributed by atoms with van der Waals surface area (Å²) in [7, 11) is 0. The van der Waals surface area contributed by atoms with Crippen LogP contribution < -0.4 is 11.2 Å². The Labute approximate surface area is 102 Å². The van der Waals surface area contributed by atoms with Gasteiger partial charge >= 0.3 is 0 Å². The number of hydrogen-bond donors (Lipinski definition) is 3. The summed E-state index contributed by atoms with van der Waals surface area (Å²) in [6, 6.07) is 7.40. The first kappa shape index (κ1) is 12.2. The fourth-order valence-corrected chi connectivity index (χ4v) is 1.32. The van der Waals surface area contributed by atoms with Crippen LogP contribution in [0.25, 0.3) is 0 Å². The molecule has 16 heavy (non-hydrogen) atoms. The van der Waals surface area contributed by atoms with Crippen molar-refractivity contribution in [3.63, 3.8) is 0 Å². The second-order valence-corrected chi connectivity index (χ2v) is 3.94. The number of anilines is 1. The molecule has 0 bridgehead atoms. The van der Waals surface area contributed by atoms with E-state index in [-0.39, 0.29) is 11.5 Å². The SMILES string of the molecule is Cc1ccc(Br)c(N/N=C(\C#N)C(=N)N)c1. The van der Waals surface area contributed by atoms with Gasteiger partial charge in [-0.3, -0.25) is 10.8 Å². The highest BCUT2D eigenvalue weighted by Gasteiger charge is 2.02. The van der Waals surface area contributed by atoms with Crippen LogP contribution in [-0.4, -0.2) is 11.5 Å². The summed E-state index contributed by atoms with van der Waals surface area (Å²) < 4.78 is 0.822. The third-order valence-electron chi connectivity index (χ3n) is 1.77. The number of nitrogens with two attached hydrogens (primary N) is 1. The van der Waals surface area contributed by atoms with Crippen molar-refractivity contribution in [1.82, 2.24) is 0 Å². The Balaban J connectivity index is 2.94. The largest absolute Gasteiger partial charge is 0.382 e. The molecule has 5 nitrogen and oxygen atoms in total. The molecule has 0 amide bonds. The van der Waals surface area contributed by atoms with Gasteiger partial charge in [-0.05, 0) is 40.5 Å². The molecule has 0 aliphatic carbocycles. The van der Waals surface area contributed by atoms with E-state index in [0.29, 0.717) is 5.69 Å². The van der Waals surface area contributed by atoms with E-state index in [9.17, 15) is 0 Å². The molecule has 6 heteroatoms. The highest BCUT2D eigenvalue weighted by atomic mass is 79.9. The van der Waals surface area contributed by atoms with Gasteiger partial charge < -0.3 is 5.73 Å². The molecule has 0 radical (unpaired) electrons. The van der Waals surface area contributed by atoms with Crippen LogP contribution in [-0.2, 0) is 0 Å². The molecule has 0 heterocycles. The monoisotopic (exact) mass is 279 g/mol. The number of hydrazone groups is 1. The molecule has 0 spiro atoms. The molecule has 0 saturated heterocycles. The van der Waals surface area contributed by atoms with Crippen LogP contribution in [0.1, 0.15) is 5.56 Å². The van der Waals surface area contributed by atoms with Crippen molar-refractivity contribution in [3.8, 4) is 6.07 Å². The average molecular weight is 280 g/mol. The molecule has 1 rings (SSSR count). The van der Waals surface area contributed by atoms with Gasteiger partial charge in [0.05, 0.1) is 5.69 Å². The lowest BCUT2D eigenvalue weighted by Crippen LogP contribution is -2.21. The molecule has 4 N–H and O–H groups in total. The zero-order chi connectivity index (χ0) is 12.1. The number of amidine groups is 1. The van der Waals surface area contributed by atoms with Gasteiger partial charge in [0, 0.05) is 4.47 Å². The van der Waals surface area contributed by atoms with E-state index >= 15 is 0 Å². The normalized spacial score (nSPS) is 10.7. The molecule has 0 saturated carbocycles. The Bertz CT molecular complexity index is 486. The summed E-state index contributed by atoms with van der Waals surface area (Å²) in [5.41, 5.74) is 9.47. The maximum Gasteiger partial charge on any atom is 0.201 e. The molecular weight excluding hydrogens is 270 g/mol. The number of nitriles is 1. The van der Waals surface area contributed by atoms with Crippen molar-refractivity contribution in [2.75, 3.05) is 5.43 Å². The predicted molar refractivity (Wildman–Crippen MR) is 67.5 cm³/mol. The number of nitrogens with zero attached hydrogens (tertiary/aromatic N) is 2. The Kier molecular flexibility index (Phi) is 4.03. The zero-order valence-corrected chi connectivity index (χ0v) is 10.2. The Morgan fingerprint density at radius 3 is 2.88 bits per heavy atom. The highest BCUT2D eigenvalue weighted by Crippen LogP contribution is 2.23. The van der Waals surface area contributed by atoms with Crippen LogP contribution in [0.4, 0.5) is 5.69 Å². The molecule has 0 aromatic heterocycles. The maximum absolute atomic E-state index is 8.65. The topological polar surface area (TPSA) is 98.0 Å². The molecule has 1 aromatic rings. The van der Waals surface area contributed by atoms with Crippen LogP contribution in [0.2, 0.25) is 0 Å². The van der Waals surface area contributed by atoms with Gasteiger partial charge in [0.2, 0.25) is 5.71 Å². The van der Waals surface area contributed by atoms with E-state index in [2.05, 4.69) is 26.5 Å². The smallest absolute Gasteiger partial charge is 0.201 e. The first-order chi connectivity index (χ1) is 7.54. The molecular formula is C10H10BrN5. The Hall–Kier alpha value is -1.87. The summed E-state index contributed by atoms with van der Waals surface area (Å²) in [6.45, 7) is 1.94. The Morgan fingerprint density at radius 2 is 2.31 bits per heavy atom. The minimum absolute atomic E-state index is 0.145. The van der Waals surface area contributed by atoms with Crippen LogP contribution in [0.15, 0.2) is 27.8 Å². The van der Waals surface area contributed by atoms with Crippen molar-refractivity contribution in [3.05, 3.63) is 28.2 Å². The number of hydrogen-bond acceptors (Lipinski definition) is 4. The van der Waals surface area contributed by atoms with Crippen molar-refractivity contribution in [2.45, 2.75) is 6.92 Å². The number of halogens is 1. The van der Waals surface area contributed by atoms with Gasteiger partial charge in [0.25, 0.3) is 0 Å². The van der Waals surface area contributed by atoms with E-state index in [4.69, 9.17) is 16.4 Å². The van der Waals surface area contributed by atoms with E-state index in [0.717, 1.165) is 10.0 Å². The fourth-order valence-electron chi connectivity index (χ4n) is 0.986. The van der Waals surface area contributed by atoms with Crippen LogP contribution in [0.3, 0.4) is 0 Å². The van der Waals surface area contributed by atoms with Crippen molar-refractivity contribution in [2.24, 2.45) is 10.8 Å². The summed E-state index contributed by atoms with van der Waals surface area (Å²) in [5.74, 6) is -0.362. The summed E-state index contributed by atoms with van der Waals surface area (Å²) in [4.78, 5) is 0. The van der Waals surface area contributed by atoms with Crippen LogP contribution >= 0.6 is 15.9 Å².